The zero-order chi connectivity index (χ0) is 4.24. The third kappa shape index (κ3) is 3.77. The highest BCUT2D eigenvalue weighted by Gasteiger charge is 1.58. The Balaban J connectivity index is 0. The van der Waals surface area contributed by atoms with Gasteiger partial charge in [-0.1, -0.05) is 29.6 Å². The van der Waals surface area contributed by atoms with Gasteiger partial charge in [0.05, 0.1) is 0 Å². The molecule has 1 nitrogen and oxygen atoms in total. The molecule has 6 radical (unpaired) electrons. The van der Waals surface area contributed by atoms with Crippen LogP contribution < -0.4 is 6.15 Å². The number of hydrogen-bond donors (Lipinski definition) is 0. The fourth-order valence-corrected chi connectivity index (χ4v) is 1.03. The van der Waals surface area contributed by atoms with Gasteiger partial charge in [-0.2, -0.15) is 0 Å². The first-order valence-corrected chi connectivity index (χ1v) is 3.33. The summed E-state index contributed by atoms with van der Waals surface area (Å²) in [7, 11) is 0.513. The van der Waals surface area contributed by atoms with E-state index in [4.69, 9.17) is 0 Å². The summed E-state index contributed by atoms with van der Waals surface area (Å²) in [6, 6.07) is 6.24. The molecule has 0 aliphatic carbocycles. The van der Waals surface area contributed by atoms with Gasteiger partial charge in [0.2, 0.25) is 0 Å². The van der Waals surface area contributed by atoms with Gasteiger partial charge in [-0.05, 0) is 0 Å². The first kappa shape index (κ1) is 10.5. The Hall–Kier alpha value is -0.408. The van der Waals surface area contributed by atoms with E-state index in [2.05, 4.69) is 29.6 Å². The molecule has 3 heteroatoms. The maximum absolute atomic E-state index is 2.21. The lowest BCUT2D eigenvalue weighted by Gasteiger charge is -1.69. The van der Waals surface area contributed by atoms with Crippen LogP contribution in [0.3, 0.4) is 0 Å². The minimum atomic E-state index is 0. The van der Waals surface area contributed by atoms with Crippen molar-refractivity contribution >= 4 is 17.5 Å². The van der Waals surface area contributed by atoms with Crippen LogP contribution in [0, 0.1) is 0 Å². The molecular formula is C5H6BNSi. The molecule has 0 amide bonds. The normalized spacial score (nSPS) is 6.00. The highest BCUT2D eigenvalue weighted by Crippen LogP contribution is 1.73. The number of nitrogens with zero attached hydrogens (tertiary/aromatic N) is 1. The third-order valence-corrected chi connectivity index (χ3v) is 1.56. The summed E-state index contributed by atoms with van der Waals surface area (Å²) < 4.78 is 0. The fourth-order valence-electron chi connectivity index (χ4n) is 0.385. The van der Waals surface area contributed by atoms with E-state index in [-0.39, 0.29) is 14.6 Å². The van der Waals surface area contributed by atoms with Gasteiger partial charge >= 0.3 is 0 Å². The lowest BCUT2D eigenvalue weighted by Crippen LogP contribution is -1.60. The molecular weight excluding hydrogens is 113 g/mol. The summed E-state index contributed by atoms with van der Waals surface area (Å²) in [6.45, 7) is 0. The molecule has 1 heterocycles. The predicted octanol–water partition coefficient (Wildman–Crippen LogP) is -0.104. The van der Waals surface area contributed by atoms with Gasteiger partial charge in [0, 0.05) is 23.7 Å². The maximum Gasteiger partial charge on any atom is 0.0198 e. The SMILES string of the molecule is [B].[N].c1cc[siH]cc1. The fraction of sp³-hybridized carbons (Fsp3) is 0. The molecule has 0 bridgehead atoms. The van der Waals surface area contributed by atoms with Crippen molar-refractivity contribution in [1.82, 2.24) is 6.15 Å². The molecule has 0 atom stereocenters. The van der Waals surface area contributed by atoms with Crippen LogP contribution in [0.5, 0.6) is 0 Å². The summed E-state index contributed by atoms with van der Waals surface area (Å²) in [5, 5.41) is 0. The Bertz CT molecular complexity index is 84.4. The Morgan fingerprint density at radius 3 is 1.50 bits per heavy atom. The minimum Gasteiger partial charge on any atom is -0.0805 e. The maximum atomic E-state index is 2.21. The molecule has 1 rings (SSSR count). The topological polar surface area (TPSA) is 30.5 Å². The Labute approximate surface area is 54.0 Å². The number of rotatable bonds is 0. The van der Waals surface area contributed by atoms with E-state index in [1.807, 2.05) is 0 Å². The molecule has 8 heavy (non-hydrogen) atoms. The van der Waals surface area contributed by atoms with Crippen LogP contribution in [0.25, 0.3) is 0 Å². The molecule has 0 aromatic carbocycles. The first-order chi connectivity index (χ1) is 3.00. The third-order valence-electron chi connectivity index (χ3n) is 0.667. The van der Waals surface area contributed by atoms with Crippen LogP contribution in [0.15, 0.2) is 29.6 Å². The quantitative estimate of drug-likeness (QED) is 0.427. The molecule has 0 aliphatic heterocycles. The zero-order valence-electron chi connectivity index (χ0n) is 4.49. The van der Waals surface area contributed by atoms with Crippen LogP contribution >= 0.6 is 0 Å². The van der Waals surface area contributed by atoms with E-state index in [1.165, 1.54) is 0 Å². The Kier molecular flexibility index (Phi) is 8.69. The molecule has 1 aromatic rings. The van der Waals surface area contributed by atoms with Crippen molar-refractivity contribution in [3.63, 3.8) is 0 Å². The highest BCUT2D eigenvalue weighted by atomic mass is 28.2. The average molecular weight is 119 g/mol. The van der Waals surface area contributed by atoms with Gasteiger partial charge in [-0.25, -0.2) is 0 Å². The van der Waals surface area contributed by atoms with Crippen LogP contribution in [0.2, 0.25) is 0 Å². The Morgan fingerprint density at radius 2 is 1.38 bits per heavy atom. The molecule has 0 spiro atoms. The predicted molar refractivity (Wildman–Crippen MR) is 37.1 cm³/mol. The standard InChI is InChI=1S/C5H6Si.B.N/c1-2-4-6-5-3-1;;/h1-6H;;. The van der Waals surface area contributed by atoms with E-state index >= 15 is 0 Å². The summed E-state index contributed by atoms with van der Waals surface area (Å²) in [5.74, 6) is 0. The van der Waals surface area contributed by atoms with E-state index in [9.17, 15) is 0 Å². The molecule has 1 aromatic heterocycles. The molecule has 0 saturated carbocycles. The van der Waals surface area contributed by atoms with Crippen LogP contribution in [0.4, 0.5) is 0 Å². The van der Waals surface area contributed by atoms with E-state index in [0.717, 1.165) is 0 Å². The summed E-state index contributed by atoms with van der Waals surface area (Å²) >= 11 is 0. The second-order valence-corrected chi connectivity index (χ2v) is 2.31. The minimum absolute atomic E-state index is 0. The smallest absolute Gasteiger partial charge is 0.0198 e. The van der Waals surface area contributed by atoms with Crippen molar-refractivity contribution < 1.29 is 0 Å². The Morgan fingerprint density at radius 1 is 0.875 bits per heavy atom. The van der Waals surface area contributed by atoms with Crippen LogP contribution in [-0.2, 0) is 0 Å². The molecule has 0 aliphatic rings. The van der Waals surface area contributed by atoms with Crippen molar-refractivity contribution in [3.8, 4) is 0 Å². The van der Waals surface area contributed by atoms with E-state index < -0.39 is 0 Å². The van der Waals surface area contributed by atoms with Crippen molar-refractivity contribution in [3.05, 3.63) is 29.6 Å². The summed E-state index contributed by atoms with van der Waals surface area (Å²) in [6.07, 6.45) is 0. The van der Waals surface area contributed by atoms with Gasteiger partial charge in [0.25, 0.3) is 0 Å². The molecule has 0 N–H and O–H groups in total. The zero-order valence-corrected chi connectivity index (χ0v) is 5.64. The first-order valence-electron chi connectivity index (χ1n) is 2.00. The van der Waals surface area contributed by atoms with Gasteiger partial charge in [0.1, 0.15) is 0 Å². The lowest BCUT2D eigenvalue weighted by atomic mass is 10.6. The molecule has 0 fully saturated rings. The number of hydrogen-bond acceptors (Lipinski definition) is 0. The largest absolute Gasteiger partial charge is 0.0805 e. The van der Waals surface area contributed by atoms with Crippen molar-refractivity contribution in [2.45, 2.75) is 0 Å². The van der Waals surface area contributed by atoms with Gasteiger partial charge in [-0.3, -0.25) is 0 Å². The average Bonchev–Trinajstić information content (AvgIpc) is 1.72. The summed E-state index contributed by atoms with van der Waals surface area (Å²) in [4.78, 5) is 0. The van der Waals surface area contributed by atoms with Crippen LogP contribution in [-0.4, -0.2) is 17.5 Å². The second kappa shape index (κ2) is 6.59. The van der Waals surface area contributed by atoms with Crippen LogP contribution in [0.1, 0.15) is 0 Å². The highest BCUT2D eigenvalue weighted by molar-refractivity contribution is 6.26. The van der Waals surface area contributed by atoms with Gasteiger partial charge in [0.15, 0.2) is 0 Å². The van der Waals surface area contributed by atoms with E-state index in [1.54, 1.807) is 0 Å². The van der Waals surface area contributed by atoms with Crippen molar-refractivity contribution in [2.24, 2.45) is 0 Å². The monoisotopic (exact) mass is 119 g/mol. The molecule has 0 unspecified atom stereocenters. The summed E-state index contributed by atoms with van der Waals surface area (Å²) in [5.41, 5.74) is 4.42. The van der Waals surface area contributed by atoms with Gasteiger partial charge < -0.3 is 0 Å². The van der Waals surface area contributed by atoms with Gasteiger partial charge in [-0.15, -0.1) is 0 Å². The van der Waals surface area contributed by atoms with Crippen molar-refractivity contribution in [1.29, 1.82) is 0 Å². The van der Waals surface area contributed by atoms with E-state index in [0.29, 0.717) is 9.12 Å². The lowest BCUT2D eigenvalue weighted by molar-refractivity contribution is 1.87. The molecule has 38 valence electrons. The second-order valence-electron chi connectivity index (χ2n) is 1.15. The molecule has 0 saturated heterocycles. The van der Waals surface area contributed by atoms with Crippen molar-refractivity contribution in [2.75, 3.05) is 0 Å².